The smallest absolute Gasteiger partial charge is 0.320 e. The van der Waals surface area contributed by atoms with Gasteiger partial charge < -0.3 is 9.47 Å². The molecule has 0 saturated heterocycles. The second-order valence-electron chi connectivity index (χ2n) is 4.29. The molecule has 0 aliphatic rings. The molecule has 1 atom stereocenters. The van der Waals surface area contributed by atoms with Gasteiger partial charge in [-0.3, -0.25) is 9.59 Å². The van der Waals surface area contributed by atoms with E-state index in [1.54, 1.807) is 13.8 Å². The summed E-state index contributed by atoms with van der Waals surface area (Å²) >= 11 is 0. The summed E-state index contributed by atoms with van der Waals surface area (Å²) < 4.78 is 9.99. The third kappa shape index (κ3) is 5.52. The highest BCUT2D eigenvalue weighted by atomic mass is 16.6. The van der Waals surface area contributed by atoms with E-state index in [1.807, 2.05) is 6.92 Å². The Balaban J connectivity index is 4.79. The molecule has 0 amide bonds. The maximum atomic E-state index is 11.9. The first-order chi connectivity index (χ1) is 8.62. The predicted molar refractivity (Wildman–Crippen MR) is 70.1 cm³/mol. The number of esters is 2. The molecule has 106 valence electrons. The van der Waals surface area contributed by atoms with Crippen molar-refractivity contribution in [1.29, 1.82) is 0 Å². The molecule has 0 rings (SSSR count). The standard InChI is InChI=1S/C14H26O4/c1-5-9-10-11(6-2)12(13(15)17-7-3)14(16)18-8-4/h11-12H,5-10H2,1-4H3/t11-/m0/s1. The zero-order chi connectivity index (χ0) is 14.0. The maximum Gasteiger partial charge on any atom is 0.320 e. The van der Waals surface area contributed by atoms with E-state index < -0.39 is 17.9 Å². The number of carbonyl (C=O) groups excluding carboxylic acids is 2. The molecule has 0 fully saturated rings. The summed E-state index contributed by atoms with van der Waals surface area (Å²) in [5, 5.41) is 0. The lowest BCUT2D eigenvalue weighted by molar-refractivity contribution is -0.164. The summed E-state index contributed by atoms with van der Waals surface area (Å²) in [7, 11) is 0. The molecule has 0 spiro atoms. The Morgan fingerprint density at radius 1 is 0.944 bits per heavy atom. The minimum atomic E-state index is -0.763. The normalized spacial score (nSPS) is 12.3. The van der Waals surface area contributed by atoms with Crippen molar-refractivity contribution in [3.63, 3.8) is 0 Å². The fourth-order valence-corrected chi connectivity index (χ4v) is 2.02. The monoisotopic (exact) mass is 258 g/mol. The second kappa shape index (κ2) is 9.92. The predicted octanol–water partition coefficient (Wildman–Crippen LogP) is 2.95. The van der Waals surface area contributed by atoms with Gasteiger partial charge in [-0.25, -0.2) is 0 Å². The Hall–Kier alpha value is -1.06. The van der Waals surface area contributed by atoms with Crippen molar-refractivity contribution in [2.24, 2.45) is 11.8 Å². The molecular weight excluding hydrogens is 232 g/mol. The first kappa shape index (κ1) is 16.9. The third-order valence-electron chi connectivity index (χ3n) is 3.01. The Bertz CT molecular complexity index is 232. The molecule has 4 nitrogen and oxygen atoms in total. The number of unbranched alkanes of at least 4 members (excludes halogenated alkanes) is 1. The second-order valence-corrected chi connectivity index (χ2v) is 4.29. The topological polar surface area (TPSA) is 52.6 Å². The SMILES string of the molecule is CCCC[C@H](CC)C(C(=O)OCC)C(=O)OCC. The molecule has 18 heavy (non-hydrogen) atoms. The van der Waals surface area contributed by atoms with Crippen LogP contribution in [0.1, 0.15) is 53.4 Å². The average molecular weight is 258 g/mol. The minimum Gasteiger partial charge on any atom is -0.465 e. The lowest BCUT2D eigenvalue weighted by Crippen LogP contribution is -2.34. The van der Waals surface area contributed by atoms with Gasteiger partial charge in [0.1, 0.15) is 0 Å². The van der Waals surface area contributed by atoms with E-state index in [1.165, 1.54) is 0 Å². The van der Waals surface area contributed by atoms with Crippen LogP contribution in [0.2, 0.25) is 0 Å². The van der Waals surface area contributed by atoms with Crippen molar-refractivity contribution in [2.75, 3.05) is 13.2 Å². The van der Waals surface area contributed by atoms with Gasteiger partial charge in [0.15, 0.2) is 5.92 Å². The van der Waals surface area contributed by atoms with Crippen LogP contribution in [0.25, 0.3) is 0 Å². The van der Waals surface area contributed by atoms with Crippen LogP contribution in [0.5, 0.6) is 0 Å². The number of hydrogen-bond acceptors (Lipinski definition) is 4. The number of hydrogen-bond donors (Lipinski definition) is 0. The van der Waals surface area contributed by atoms with E-state index in [2.05, 4.69) is 6.92 Å². The van der Waals surface area contributed by atoms with Crippen LogP contribution in [-0.2, 0) is 19.1 Å². The molecule has 0 N–H and O–H groups in total. The molecular formula is C14H26O4. The van der Waals surface area contributed by atoms with E-state index in [0.29, 0.717) is 13.2 Å². The molecule has 0 saturated carbocycles. The largest absolute Gasteiger partial charge is 0.465 e. The van der Waals surface area contributed by atoms with Crippen LogP contribution in [0.15, 0.2) is 0 Å². The highest BCUT2D eigenvalue weighted by molar-refractivity contribution is 5.95. The van der Waals surface area contributed by atoms with Gasteiger partial charge in [0.25, 0.3) is 0 Å². The van der Waals surface area contributed by atoms with E-state index in [4.69, 9.17) is 9.47 Å². The first-order valence-corrected chi connectivity index (χ1v) is 6.95. The van der Waals surface area contributed by atoms with Gasteiger partial charge in [0.2, 0.25) is 0 Å². The zero-order valence-electron chi connectivity index (χ0n) is 12.0. The molecule has 0 bridgehead atoms. The fraction of sp³-hybridized carbons (Fsp3) is 0.857. The number of carbonyl (C=O) groups is 2. The Labute approximate surface area is 110 Å². The van der Waals surface area contributed by atoms with Gasteiger partial charge >= 0.3 is 11.9 Å². The molecule has 0 aliphatic carbocycles. The molecule has 0 radical (unpaired) electrons. The maximum absolute atomic E-state index is 11.9. The summed E-state index contributed by atoms with van der Waals surface area (Å²) in [6, 6.07) is 0. The van der Waals surface area contributed by atoms with Crippen LogP contribution in [-0.4, -0.2) is 25.2 Å². The van der Waals surface area contributed by atoms with E-state index in [0.717, 1.165) is 25.7 Å². The van der Waals surface area contributed by atoms with E-state index in [-0.39, 0.29) is 5.92 Å². The summed E-state index contributed by atoms with van der Waals surface area (Å²) in [5.74, 6) is -1.64. The Morgan fingerprint density at radius 2 is 1.44 bits per heavy atom. The highest BCUT2D eigenvalue weighted by Gasteiger charge is 2.35. The van der Waals surface area contributed by atoms with Crippen LogP contribution >= 0.6 is 0 Å². The quantitative estimate of drug-likeness (QED) is 0.471. The summed E-state index contributed by atoms with van der Waals surface area (Å²) in [5.41, 5.74) is 0. The van der Waals surface area contributed by atoms with Crippen molar-refractivity contribution in [3.8, 4) is 0 Å². The fourth-order valence-electron chi connectivity index (χ4n) is 2.02. The molecule has 0 aromatic carbocycles. The molecule has 0 aromatic heterocycles. The average Bonchev–Trinajstić information content (AvgIpc) is 2.34. The van der Waals surface area contributed by atoms with Gasteiger partial charge in [0, 0.05) is 0 Å². The molecule has 4 heteroatoms. The summed E-state index contributed by atoms with van der Waals surface area (Å²) in [6.45, 7) is 8.15. The van der Waals surface area contributed by atoms with Crippen LogP contribution in [0.4, 0.5) is 0 Å². The van der Waals surface area contributed by atoms with Crippen LogP contribution < -0.4 is 0 Å². The van der Waals surface area contributed by atoms with Gasteiger partial charge in [-0.15, -0.1) is 0 Å². The zero-order valence-corrected chi connectivity index (χ0v) is 12.0. The van der Waals surface area contributed by atoms with Crippen LogP contribution in [0.3, 0.4) is 0 Å². The van der Waals surface area contributed by atoms with Gasteiger partial charge in [-0.05, 0) is 26.2 Å². The van der Waals surface area contributed by atoms with Crippen molar-refractivity contribution >= 4 is 11.9 Å². The first-order valence-electron chi connectivity index (χ1n) is 6.95. The molecule has 0 unspecified atom stereocenters. The van der Waals surface area contributed by atoms with Gasteiger partial charge in [-0.1, -0.05) is 33.1 Å². The number of ether oxygens (including phenoxy) is 2. The molecule has 0 aromatic rings. The van der Waals surface area contributed by atoms with Crippen LogP contribution in [0, 0.1) is 11.8 Å². The van der Waals surface area contributed by atoms with Gasteiger partial charge in [0.05, 0.1) is 13.2 Å². The molecule has 0 aliphatic heterocycles. The van der Waals surface area contributed by atoms with Crippen molar-refractivity contribution < 1.29 is 19.1 Å². The number of rotatable bonds is 9. The summed E-state index contributed by atoms with van der Waals surface area (Å²) in [6.07, 6.45) is 3.69. The van der Waals surface area contributed by atoms with E-state index >= 15 is 0 Å². The van der Waals surface area contributed by atoms with Gasteiger partial charge in [-0.2, -0.15) is 0 Å². The Morgan fingerprint density at radius 3 is 1.78 bits per heavy atom. The van der Waals surface area contributed by atoms with Crippen molar-refractivity contribution in [2.45, 2.75) is 53.4 Å². The third-order valence-corrected chi connectivity index (χ3v) is 3.01. The lowest BCUT2D eigenvalue weighted by Gasteiger charge is -2.22. The van der Waals surface area contributed by atoms with Crippen molar-refractivity contribution in [3.05, 3.63) is 0 Å². The highest BCUT2D eigenvalue weighted by Crippen LogP contribution is 2.25. The van der Waals surface area contributed by atoms with E-state index in [9.17, 15) is 9.59 Å². The molecule has 0 heterocycles. The van der Waals surface area contributed by atoms with Crippen molar-refractivity contribution in [1.82, 2.24) is 0 Å². The minimum absolute atomic E-state index is 0.0167. The summed E-state index contributed by atoms with van der Waals surface area (Å²) in [4.78, 5) is 23.8. The Kier molecular flexibility index (Phi) is 9.33. The lowest BCUT2D eigenvalue weighted by atomic mass is 9.86.